The maximum atomic E-state index is 12.4. The summed E-state index contributed by atoms with van der Waals surface area (Å²) in [5.41, 5.74) is 4.13. The van der Waals surface area contributed by atoms with Crippen LogP contribution in [0.5, 0.6) is 0 Å². The topological polar surface area (TPSA) is 320 Å². The summed E-state index contributed by atoms with van der Waals surface area (Å²) >= 11 is 0. The summed E-state index contributed by atoms with van der Waals surface area (Å²) in [5.74, 6) is -1.75. The Morgan fingerprint density at radius 2 is 0.707 bits per heavy atom. The maximum Gasteiger partial charge on any atom is 0.407 e. The van der Waals surface area contributed by atoms with E-state index in [0.29, 0.717) is 224 Å². The van der Waals surface area contributed by atoms with Crippen LogP contribution >= 0.6 is 0 Å². The van der Waals surface area contributed by atoms with Crippen LogP contribution in [0.15, 0.2) is 48.5 Å². The average Bonchev–Trinajstić information content (AvgIpc) is 1.64. The van der Waals surface area contributed by atoms with E-state index >= 15 is 0 Å². The zero-order valence-corrected chi connectivity index (χ0v) is 54.6. The average molecular weight is 1320 g/mol. The predicted octanol–water partition coefficient (Wildman–Crippen LogP) is 3.95. The highest BCUT2D eigenvalue weighted by Gasteiger charge is 2.29. The van der Waals surface area contributed by atoms with E-state index < -0.39 is 35.7 Å². The van der Waals surface area contributed by atoms with Gasteiger partial charge in [-0.15, -0.1) is 0 Å². The van der Waals surface area contributed by atoms with Crippen LogP contribution in [0.2, 0.25) is 0 Å². The molecule has 1 atom stereocenters. The number of nitrogens with one attached hydrogen (secondary N) is 4. The Hall–Kier alpha value is -5.25. The molecule has 0 radical (unpaired) electrons. The Labute approximate surface area is 542 Å². The number of carbonyl (C=O) groups excluding carboxylic acids is 4. The summed E-state index contributed by atoms with van der Waals surface area (Å²) in [6, 6.07) is 15.3. The van der Waals surface area contributed by atoms with Gasteiger partial charge in [0.15, 0.2) is 0 Å². The summed E-state index contributed by atoms with van der Waals surface area (Å²) in [5, 5.41) is 20.3. The number of benzene rings is 2. The molecule has 0 aliphatic heterocycles. The normalized spacial score (nSPS) is 12.3. The molecule has 1 aliphatic carbocycles. The molecule has 0 aromatic heterocycles. The number of fused-ring (bicyclic) bond motifs is 3. The second kappa shape index (κ2) is 56.1. The minimum absolute atomic E-state index is 0.00159. The number of amides is 4. The van der Waals surface area contributed by atoms with Crippen LogP contribution in [0.3, 0.4) is 0 Å². The van der Waals surface area contributed by atoms with Gasteiger partial charge in [0, 0.05) is 38.4 Å². The van der Waals surface area contributed by atoms with E-state index in [1.54, 1.807) is 0 Å². The largest absolute Gasteiger partial charge is 0.480 e. The van der Waals surface area contributed by atoms with Crippen molar-refractivity contribution >= 4 is 30.0 Å². The van der Waals surface area contributed by atoms with Gasteiger partial charge in [-0.3, -0.25) is 9.59 Å². The number of ether oxygens (including phenoxy) is 18. The number of alkyl carbamates (subject to hydrolysis) is 2. The van der Waals surface area contributed by atoms with Crippen molar-refractivity contribution in [3.63, 3.8) is 0 Å². The first-order valence-corrected chi connectivity index (χ1v) is 32.0. The van der Waals surface area contributed by atoms with Gasteiger partial charge in [0.25, 0.3) is 0 Å². The lowest BCUT2D eigenvalue weighted by molar-refractivity contribution is -0.142. The fourth-order valence-electron chi connectivity index (χ4n) is 8.34. The van der Waals surface area contributed by atoms with Gasteiger partial charge in [-0.1, -0.05) is 48.5 Å². The minimum atomic E-state index is -1.13. The predicted molar refractivity (Wildman–Crippen MR) is 336 cm³/mol. The summed E-state index contributed by atoms with van der Waals surface area (Å²) in [6.07, 6.45) is 0.462. The molecule has 0 spiro atoms. The fourth-order valence-corrected chi connectivity index (χ4v) is 8.34. The number of hydrogen-bond donors (Lipinski definition) is 5. The van der Waals surface area contributed by atoms with Crippen molar-refractivity contribution < 1.29 is 114 Å². The molecule has 0 heterocycles. The van der Waals surface area contributed by atoms with E-state index in [4.69, 9.17) is 85.3 Å². The molecule has 2 aromatic carbocycles. The fraction of sp³-hybridized carbons (Fsp3) is 0.734. The van der Waals surface area contributed by atoms with Crippen LogP contribution in [0.4, 0.5) is 9.59 Å². The summed E-state index contributed by atoms with van der Waals surface area (Å²) in [7, 11) is 0. The number of aliphatic carboxylic acids is 1. The molecule has 4 amide bonds. The molecule has 92 heavy (non-hydrogen) atoms. The summed E-state index contributed by atoms with van der Waals surface area (Å²) in [4.78, 5) is 60.2. The number of unbranched alkanes of at least 4 members (excludes halogenated alkanes) is 1. The Balaban J connectivity index is 0.931. The SMILES string of the molecule is CC(C)(C)OC(=O)NCCOCCOCCOCCOCCOCCOCCOCCOCCOCCOCCOCCOCCC(=O)NCCCC[C@H](NC(=O)CCOCCOCCOCCOCCNC(=O)OCC1c2ccccc2-c2ccccc21)C(=O)O. The zero-order chi connectivity index (χ0) is 66.1. The molecule has 1 aliphatic rings. The highest BCUT2D eigenvalue weighted by atomic mass is 16.6. The molecule has 5 N–H and O–H groups in total. The smallest absolute Gasteiger partial charge is 0.407 e. The first-order chi connectivity index (χ1) is 44.9. The van der Waals surface area contributed by atoms with Crippen LogP contribution in [-0.2, 0) is 99.6 Å². The van der Waals surface area contributed by atoms with Gasteiger partial charge < -0.3 is 112 Å². The molecule has 0 saturated heterocycles. The molecule has 2 aromatic rings. The number of carboxylic acids is 1. The van der Waals surface area contributed by atoms with Crippen LogP contribution < -0.4 is 21.3 Å². The molecule has 3 rings (SSSR count). The van der Waals surface area contributed by atoms with Crippen LogP contribution in [0.1, 0.15) is 69.9 Å². The van der Waals surface area contributed by atoms with E-state index in [-0.39, 0.29) is 57.5 Å². The van der Waals surface area contributed by atoms with Crippen LogP contribution in [-0.4, -0.2) is 284 Å². The Morgan fingerprint density at radius 1 is 0.391 bits per heavy atom. The van der Waals surface area contributed by atoms with Crippen molar-refractivity contribution in [2.24, 2.45) is 0 Å². The first kappa shape index (κ1) is 81.0. The third-order valence-electron chi connectivity index (χ3n) is 12.8. The van der Waals surface area contributed by atoms with Crippen molar-refractivity contribution in [1.29, 1.82) is 0 Å². The Morgan fingerprint density at radius 3 is 1.05 bits per heavy atom. The first-order valence-electron chi connectivity index (χ1n) is 32.0. The van der Waals surface area contributed by atoms with Gasteiger partial charge in [0.05, 0.1) is 211 Å². The third kappa shape index (κ3) is 45.1. The van der Waals surface area contributed by atoms with Gasteiger partial charge in [0.1, 0.15) is 18.2 Å². The lowest BCUT2D eigenvalue weighted by Crippen LogP contribution is -2.41. The lowest BCUT2D eigenvalue weighted by atomic mass is 9.98. The molecule has 28 heteroatoms. The van der Waals surface area contributed by atoms with Crippen LogP contribution in [0.25, 0.3) is 11.1 Å². The van der Waals surface area contributed by atoms with E-state index in [1.807, 2.05) is 45.0 Å². The second-order valence-electron chi connectivity index (χ2n) is 21.3. The van der Waals surface area contributed by atoms with E-state index in [9.17, 15) is 29.1 Å². The lowest BCUT2D eigenvalue weighted by Gasteiger charge is -2.19. The minimum Gasteiger partial charge on any atom is -0.480 e. The molecule has 0 fully saturated rings. The number of carboxylic acid groups (broad SMARTS) is 1. The maximum absolute atomic E-state index is 12.4. The second-order valence-corrected chi connectivity index (χ2v) is 21.3. The highest BCUT2D eigenvalue weighted by Crippen LogP contribution is 2.44. The number of rotatable bonds is 63. The van der Waals surface area contributed by atoms with Crippen molar-refractivity contribution in [2.45, 2.75) is 70.4 Å². The van der Waals surface area contributed by atoms with E-state index in [2.05, 4.69) is 45.5 Å². The Kier molecular flexibility index (Phi) is 49.4. The molecule has 0 saturated carbocycles. The monoisotopic (exact) mass is 1310 g/mol. The molecule has 526 valence electrons. The van der Waals surface area contributed by atoms with E-state index in [0.717, 1.165) is 11.1 Å². The van der Waals surface area contributed by atoms with Gasteiger partial charge in [0.2, 0.25) is 11.8 Å². The van der Waals surface area contributed by atoms with Gasteiger partial charge in [-0.25, -0.2) is 14.4 Å². The number of carbonyl (C=O) groups is 5. The van der Waals surface area contributed by atoms with Crippen LogP contribution in [0, 0.1) is 0 Å². The zero-order valence-electron chi connectivity index (χ0n) is 54.6. The molecule has 0 bridgehead atoms. The Bertz CT molecular complexity index is 2130. The van der Waals surface area contributed by atoms with Crippen molar-refractivity contribution in [1.82, 2.24) is 21.3 Å². The molecule has 28 nitrogen and oxygen atoms in total. The van der Waals surface area contributed by atoms with Crippen molar-refractivity contribution in [3.8, 4) is 11.1 Å². The van der Waals surface area contributed by atoms with Crippen molar-refractivity contribution in [3.05, 3.63) is 59.7 Å². The van der Waals surface area contributed by atoms with Gasteiger partial charge in [-0.2, -0.15) is 0 Å². The molecule has 0 unspecified atom stereocenters. The molecular weight excluding hydrogens is 1210 g/mol. The number of hydrogen-bond acceptors (Lipinski definition) is 23. The van der Waals surface area contributed by atoms with Crippen molar-refractivity contribution in [2.75, 3.05) is 238 Å². The third-order valence-corrected chi connectivity index (χ3v) is 12.8. The van der Waals surface area contributed by atoms with E-state index in [1.165, 1.54) is 11.1 Å². The van der Waals surface area contributed by atoms with Gasteiger partial charge >= 0.3 is 18.2 Å². The summed E-state index contributed by atoms with van der Waals surface area (Å²) < 4.78 is 98.5. The summed E-state index contributed by atoms with van der Waals surface area (Å²) in [6.45, 7) is 19.3. The molecular formula is C64H106N4O24. The quantitative estimate of drug-likeness (QED) is 0.0586. The highest BCUT2D eigenvalue weighted by molar-refractivity contribution is 5.83. The standard InChI is InChI=1S/C64H106N4O24/c1-64(2,3)92-63(74)67-19-23-78-27-31-82-35-37-84-39-41-86-43-45-88-47-49-90-51-50-89-48-46-87-44-42-85-40-38-83-36-33-79-28-24-75-20-15-59(69)65-17-9-8-14-58(61(71)72)68-60(70)16-21-76-25-29-80-32-34-81-30-26-77-22-18-66-62(73)91-52-57-55-12-6-4-10-53(55)54-11-5-7-13-56(54)57/h4-7,10-13,57-58H,8-9,14-52H2,1-3H3,(H,65,69)(H,66,73)(H,67,74)(H,68,70)(H,71,72)/t58-/m0/s1. The van der Waals surface area contributed by atoms with Gasteiger partial charge in [-0.05, 0) is 62.3 Å².